The van der Waals surface area contributed by atoms with E-state index >= 15 is 0 Å². The molecule has 0 saturated carbocycles. The number of amides is 3. The molecule has 0 aliphatic carbocycles. The molecule has 0 aromatic carbocycles. The number of carbonyl (C=O) groups excluding carboxylic acids is 2. The number of rotatable bonds is 9. The van der Waals surface area contributed by atoms with Crippen LogP contribution in [0.5, 0.6) is 0 Å². The van der Waals surface area contributed by atoms with Gasteiger partial charge in [-0.3, -0.25) is 9.69 Å². The number of nitrogens with zero attached hydrogens (tertiary/aromatic N) is 3. The van der Waals surface area contributed by atoms with Gasteiger partial charge in [0.25, 0.3) is 0 Å². The quantitative estimate of drug-likeness (QED) is 0.619. The van der Waals surface area contributed by atoms with Crippen molar-refractivity contribution in [2.45, 2.75) is 26.8 Å². The summed E-state index contributed by atoms with van der Waals surface area (Å²) in [5.41, 5.74) is 0. The van der Waals surface area contributed by atoms with Crippen LogP contribution in [0.2, 0.25) is 0 Å². The summed E-state index contributed by atoms with van der Waals surface area (Å²) in [6, 6.07) is -0.186. The normalized spacial score (nSPS) is 12.6. The molecule has 0 heterocycles. The predicted molar refractivity (Wildman–Crippen MR) is 77.1 cm³/mol. The second-order valence-electron chi connectivity index (χ2n) is 4.83. The van der Waals surface area contributed by atoms with Crippen molar-refractivity contribution in [1.29, 1.82) is 0 Å². The minimum Gasteiger partial charge on any atom is -0.336 e. The summed E-state index contributed by atoms with van der Waals surface area (Å²) >= 11 is 0. The van der Waals surface area contributed by atoms with E-state index in [9.17, 15) is 9.59 Å². The van der Waals surface area contributed by atoms with Gasteiger partial charge in [-0.05, 0) is 34.1 Å². The maximum absolute atomic E-state index is 11.8. The molecule has 0 aliphatic rings. The largest absolute Gasteiger partial charge is 0.336 e. The summed E-state index contributed by atoms with van der Waals surface area (Å²) in [4.78, 5) is 28.2. The number of hydrogen-bond acceptors (Lipinski definition) is 4. The van der Waals surface area contributed by atoms with Crippen LogP contribution in [0.1, 0.15) is 20.8 Å². The summed E-state index contributed by atoms with van der Waals surface area (Å²) in [7, 11) is 3.85. The first kappa shape index (κ1) is 17.9. The molecule has 1 atom stereocenters. The molecule has 0 saturated heterocycles. The van der Waals surface area contributed by atoms with E-state index in [1.54, 1.807) is 0 Å². The second-order valence-corrected chi connectivity index (χ2v) is 4.83. The molecule has 1 N–H and O–H groups in total. The van der Waals surface area contributed by atoms with Crippen LogP contribution in [-0.4, -0.2) is 80.0 Å². The van der Waals surface area contributed by atoms with Crippen LogP contribution in [0.15, 0.2) is 0 Å². The van der Waals surface area contributed by atoms with Crippen LogP contribution >= 0.6 is 0 Å². The van der Waals surface area contributed by atoms with Crippen molar-refractivity contribution in [3.05, 3.63) is 0 Å². The Morgan fingerprint density at radius 1 is 1.26 bits per heavy atom. The number of hydrogen-bond donors (Lipinski definition) is 1. The van der Waals surface area contributed by atoms with Gasteiger partial charge in [0.1, 0.15) is 0 Å². The van der Waals surface area contributed by atoms with Gasteiger partial charge in [-0.25, -0.2) is 4.79 Å². The fourth-order valence-electron chi connectivity index (χ4n) is 1.58. The van der Waals surface area contributed by atoms with Crippen molar-refractivity contribution >= 4 is 12.4 Å². The Bertz CT molecular complexity index is 267. The lowest BCUT2D eigenvalue weighted by Gasteiger charge is -2.25. The van der Waals surface area contributed by atoms with Gasteiger partial charge in [-0.2, -0.15) is 0 Å². The van der Waals surface area contributed by atoms with Crippen LogP contribution in [-0.2, 0) is 4.79 Å². The molecule has 0 aliphatic heterocycles. The minimum atomic E-state index is -0.323. The Balaban J connectivity index is 4.11. The van der Waals surface area contributed by atoms with Gasteiger partial charge in [0.2, 0.25) is 6.41 Å². The monoisotopic (exact) mass is 272 g/mol. The topological polar surface area (TPSA) is 55.9 Å². The Morgan fingerprint density at radius 3 is 2.26 bits per heavy atom. The van der Waals surface area contributed by atoms with Crippen molar-refractivity contribution in [2.24, 2.45) is 0 Å². The molecular weight excluding hydrogens is 244 g/mol. The zero-order valence-corrected chi connectivity index (χ0v) is 12.8. The summed E-state index contributed by atoms with van der Waals surface area (Å²) in [6.07, 6.45) is 0.590. The standard InChI is InChI=1S/C13H28N4O2/c1-6-16(7-2)9-8-14-13(19)17(11-18)10-12(3)15(4)5/h11-12H,6-10H2,1-5H3,(H,14,19). The van der Waals surface area contributed by atoms with Crippen molar-refractivity contribution in [3.63, 3.8) is 0 Å². The minimum absolute atomic E-state index is 0.138. The van der Waals surface area contributed by atoms with Gasteiger partial charge in [-0.15, -0.1) is 0 Å². The summed E-state index contributed by atoms with van der Waals surface area (Å²) in [5, 5.41) is 2.77. The highest BCUT2D eigenvalue weighted by atomic mass is 16.2. The van der Waals surface area contributed by atoms with Crippen molar-refractivity contribution in [3.8, 4) is 0 Å². The molecule has 6 nitrogen and oxygen atoms in total. The van der Waals surface area contributed by atoms with E-state index in [2.05, 4.69) is 24.1 Å². The van der Waals surface area contributed by atoms with Gasteiger partial charge in [0.05, 0.1) is 0 Å². The van der Waals surface area contributed by atoms with Crippen molar-refractivity contribution < 1.29 is 9.59 Å². The Kier molecular flexibility index (Phi) is 9.16. The van der Waals surface area contributed by atoms with E-state index in [-0.39, 0.29) is 12.1 Å². The SMILES string of the molecule is CCN(CC)CCNC(=O)N(C=O)CC(C)N(C)C. The summed E-state index contributed by atoms with van der Waals surface area (Å²) in [6.45, 7) is 9.82. The van der Waals surface area contributed by atoms with Crippen LogP contribution in [0, 0.1) is 0 Å². The van der Waals surface area contributed by atoms with Crippen molar-refractivity contribution in [1.82, 2.24) is 20.0 Å². The fourth-order valence-corrected chi connectivity index (χ4v) is 1.58. The van der Waals surface area contributed by atoms with Gasteiger partial charge in [0.15, 0.2) is 0 Å². The molecule has 3 amide bonds. The average molecular weight is 272 g/mol. The molecule has 0 bridgehead atoms. The first-order valence-corrected chi connectivity index (χ1v) is 6.84. The van der Waals surface area contributed by atoms with E-state index in [0.717, 1.165) is 19.6 Å². The maximum Gasteiger partial charge on any atom is 0.323 e. The van der Waals surface area contributed by atoms with Crippen LogP contribution < -0.4 is 5.32 Å². The molecule has 0 rings (SSSR count). The zero-order valence-electron chi connectivity index (χ0n) is 12.8. The van der Waals surface area contributed by atoms with Gasteiger partial charge in [0, 0.05) is 25.7 Å². The highest BCUT2D eigenvalue weighted by Crippen LogP contribution is 1.96. The van der Waals surface area contributed by atoms with E-state index in [1.165, 1.54) is 4.90 Å². The van der Waals surface area contributed by atoms with Crippen LogP contribution in [0.3, 0.4) is 0 Å². The van der Waals surface area contributed by atoms with Gasteiger partial charge < -0.3 is 15.1 Å². The second kappa shape index (κ2) is 9.75. The average Bonchev–Trinajstić information content (AvgIpc) is 2.40. The Labute approximate surface area is 116 Å². The number of imide groups is 1. The molecule has 0 fully saturated rings. The lowest BCUT2D eigenvalue weighted by atomic mass is 10.3. The van der Waals surface area contributed by atoms with Crippen molar-refractivity contribution in [2.75, 3.05) is 46.8 Å². The third-order valence-electron chi connectivity index (χ3n) is 3.33. The molecular formula is C13H28N4O2. The molecule has 6 heteroatoms. The molecule has 19 heavy (non-hydrogen) atoms. The molecule has 0 aromatic rings. The molecule has 1 unspecified atom stereocenters. The number of nitrogens with one attached hydrogen (secondary N) is 1. The lowest BCUT2D eigenvalue weighted by Crippen LogP contribution is -2.47. The first-order chi connectivity index (χ1) is 8.96. The Hall–Kier alpha value is -1.14. The smallest absolute Gasteiger partial charge is 0.323 e. The van der Waals surface area contributed by atoms with E-state index < -0.39 is 0 Å². The fraction of sp³-hybridized carbons (Fsp3) is 0.846. The third-order valence-corrected chi connectivity index (χ3v) is 3.33. The molecule has 0 aromatic heterocycles. The van der Waals surface area contributed by atoms with E-state index in [0.29, 0.717) is 19.5 Å². The first-order valence-electron chi connectivity index (χ1n) is 6.84. The number of carbonyl (C=O) groups is 2. The molecule has 112 valence electrons. The third kappa shape index (κ3) is 7.12. The maximum atomic E-state index is 11.8. The lowest BCUT2D eigenvalue weighted by molar-refractivity contribution is -0.116. The van der Waals surface area contributed by atoms with Crippen LogP contribution in [0.25, 0.3) is 0 Å². The summed E-state index contributed by atoms with van der Waals surface area (Å²) < 4.78 is 0. The predicted octanol–water partition coefficient (Wildman–Crippen LogP) is 0.446. The van der Waals surface area contributed by atoms with Crippen LogP contribution in [0.4, 0.5) is 4.79 Å². The van der Waals surface area contributed by atoms with Gasteiger partial charge in [-0.1, -0.05) is 13.8 Å². The zero-order chi connectivity index (χ0) is 14.8. The van der Waals surface area contributed by atoms with Gasteiger partial charge >= 0.3 is 6.03 Å². The molecule has 0 spiro atoms. The number of likely N-dealkylation sites (N-methyl/N-ethyl adjacent to an activating group) is 2. The highest BCUT2D eigenvalue weighted by Gasteiger charge is 2.16. The number of urea groups is 1. The highest BCUT2D eigenvalue weighted by molar-refractivity contribution is 5.84. The van der Waals surface area contributed by atoms with E-state index in [4.69, 9.17) is 0 Å². The Morgan fingerprint density at radius 2 is 1.84 bits per heavy atom. The summed E-state index contributed by atoms with van der Waals surface area (Å²) in [5.74, 6) is 0. The molecule has 0 radical (unpaired) electrons. The van der Waals surface area contributed by atoms with E-state index in [1.807, 2.05) is 25.9 Å².